The monoisotopic (exact) mass is 325 g/mol. The summed E-state index contributed by atoms with van der Waals surface area (Å²) >= 11 is 4.83. The van der Waals surface area contributed by atoms with Gasteiger partial charge in [0.1, 0.15) is 15.6 Å². The Hall–Kier alpha value is -1.84. The SMILES string of the molecule is Cc1nn(C)cc1CNS(=O)(=O)c1cccnc1C(N)=S. The van der Waals surface area contributed by atoms with Gasteiger partial charge in [0.2, 0.25) is 10.0 Å². The van der Waals surface area contributed by atoms with E-state index in [1.807, 2.05) is 6.92 Å². The summed E-state index contributed by atoms with van der Waals surface area (Å²) < 4.78 is 28.8. The van der Waals surface area contributed by atoms with E-state index >= 15 is 0 Å². The smallest absolute Gasteiger partial charge is 0.243 e. The Morgan fingerprint density at radius 3 is 2.81 bits per heavy atom. The van der Waals surface area contributed by atoms with Crippen LogP contribution in [0.25, 0.3) is 0 Å². The molecule has 112 valence electrons. The average molecular weight is 325 g/mol. The van der Waals surface area contributed by atoms with Gasteiger partial charge < -0.3 is 5.73 Å². The average Bonchev–Trinajstić information content (AvgIpc) is 2.75. The number of rotatable bonds is 5. The third-order valence-corrected chi connectivity index (χ3v) is 4.49. The summed E-state index contributed by atoms with van der Waals surface area (Å²) in [6.07, 6.45) is 3.20. The molecule has 0 aromatic carbocycles. The Bertz CT molecular complexity index is 783. The largest absolute Gasteiger partial charge is 0.388 e. The molecule has 9 heteroatoms. The van der Waals surface area contributed by atoms with Crippen molar-refractivity contribution >= 4 is 27.2 Å². The van der Waals surface area contributed by atoms with Crippen LogP contribution in [0.2, 0.25) is 0 Å². The van der Waals surface area contributed by atoms with Crippen molar-refractivity contribution in [1.82, 2.24) is 19.5 Å². The molecule has 0 bridgehead atoms. The minimum atomic E-state index is -3.76. The van der Waals surface area contributed by atoms with Crippen LogP contribution in [0, 0.1) is 6.92 Å². The molecule has 0 saturated heterocycles. The first kappa shape index (κ1) is 15.5. The van der Waals surface area contributed by atoms with Crippen molar-refractivity contribution in [3.63, 3.8) is 0 Å². The van der Waals surface area contributed by atoms with Gasteiger partial charge in [0.15, 0.2) is 0 Å². The van der Waals surface area contributed by atoms with E-state index in [0.29, 0.717) is 0 Å². The topological polar surface area (TPSA) is 103 Å². The molecule has 0 radical (unpaired) electrons. The second kappa shape index (κ2) is 5.88. The summed E-state index contributed by atoms with van der Waals surface area (Å²) in [5.41, 5.74) is 7.15. The highest BCUT2D eigenvalue weighted by atomic mass is 32.2. The van der Waals surface area contributed by atoms with Crippen LogP contribution >= 0.6 is 12.2 Å². The summed E-state index contributed by atoms with van der Waals surface area (Å²) in [5, 5.41) is 4.16. The van der Waals surface area contributed by atoms with Crippen molar-refractivity contribution in [2.45, 2.75) is 18.4 Å². The number of pyridine rings is 1. The molecular formula is C12H15N5O2S2. The van der Waals surface area contributed by atoms with Gasteiger partial charge in [0.25, 0.3) is 0 Å². The molecule has 2 heterocycles. The van der Waals surface area contributed by atoms with Crippen LogP contribution in [0.4, 0.5) is 0 Å². The molecule has 2 rings (SSSR count). The van der Waals surface area contributed by atoms with Gasteiger partial charge in [-0.25, -0.2) is 13.1 Å². The van der Waals surface area contributed by atoms with Gasteiger partial charge in [-0.05, 0) is 19.1 Å². The number of hydrogen-bond donors (Lipinski definition) is 2. The summed E-state index contributed by atoms with van der Waals surface area (Å²) in [4.78, 5) is 3.83. The number of nitrogens with two attached hydrogens (primary N) is 1. The standard InChI is InChI=1S/C12H15N5O2S2/c1-8-9(7-17(2)16-8)6-15-21(18,19)10-4-3-5-14-11(10)12(13)20/h3-5,7,15H,6H2,1-2H3,(H2,13,20). The highest BCUT2D eigenvalue weighted by molar-refractivity contribution is 7.89. The lowest BCUT2D eigenvalue weighted by Crippen LogP contribution is -2.27. The van der Waals surface area contributed by atoms with Crippen LogP contribution in [0.15, 0.2) is 29.4 Å². The Labute approximate surface area is 128 Å². The highest BCUT2D eigenvalue weighted by Gasteiger charge is 2.20. The van der Waals surface area contributed by atoms with Gasteiger partial charge in [-0.1, -0.05) is 12.2 Å². The first-order chi connectivity index (χ1) is 9.81. The molecule has 0 unspecified atom stereocenters. The molecule has 0 aliphatic rings. The molecule has 0 fully saturated rings. The summed E-state index contributed by atoms with van der Waals surface area (Å²) in [6, 6.07) is 2.94. The van der Waals surface area contributed by atoms with Gasteiger partial charge in [0.05, 0.1) is 5.69 Å². The van der Waals surface area contributed by atoms with Gasteiger partial charge in [0, 0.05) is 31.5 Å². The van der Waals surface area contributed by atoms with Crippen molar-refractivity contribution in [2.24, 2.45) is 12.8 Å². The normalized spacial score (nSPS) is 11.5. The first-order valence-corrected chi connectivity index (χ1v) is 7.94. The predicted molar refractivity (Wildman–Crippen MR) is 82.1 cm³/mol. The summed E-state index contributed by atoms with van der Waals surface area (Å²) in [7, 11) is -1.98. The molecule has 2 aromatic heterocycles. The maximum absolute atomic E-state index is 12.4. The number of aromatic nitrogens is 3. The number of hydrogen-bond acceptors (Lipinski definition) is 5. The maximum Gasteiger partial charge on any atom is 0.243 e. The van der Waals surface area contributed by atoms with Crippen LogP contribution in [0.5, 0.6) is 0 Å². The number of thiocarbonyl (C=S) groups is 1. The molecule has 0 aliphatic heterocycles. The van der Waals surface area contributed by atoms with Gasteiger partial charge in [-0.15, -0.1) is 0 Å². The van der Waals surface area contributed by atoms with Crippen LogP contribution in [-0.2, 0) is 23.6 Å². The van der Waals surface area contributed by atoms with E-state index in [9.17, 15) is 8.42 Å². The Balaban J connectivity index is 2.27. The molecule has 0 aliphatic carbocycles. The molecule has 21 heavy (non-hydrogen) atoms. The molecule has 0 saturated carbocycles. The fourth-order valence-corrected chi connectivity index (χ4v) is 3.27. The minimum absolute atomic E-state index is 0.0287. The molecule has 3 N–H and O–H groups in total. The fraction of sp³-hybridized carbons (Fsp3) is 0.250. The van der Waals surface area contributed by atoms with E-state index in [4.69, 9.17) is 18.0 Å². The second-order valence-electron chi connectivity index (χ2n) is 4.45. The van der Waals surface area contributed by atoms with Crippen molar-refractivity contribution in [1.29, 1.82) is 0 Å². The van der Waals surface area contributed by atoms with E-state index in [1.165, 1.54) is 18.3 Å². The van der Waals surface area contributed by atoms with Gasteiger partial charge >= 0.3 is 0 Å². The zero-order valence-electron chi connectivity index (χ0n) is 11.6. The Kier molecular flexibility index (Phi) is 4.35. The molecule has 0 atom stereocenters. The quantitative estimate of drug-likeness (QED) is 0.763. The van der Waals surface area contributed by atoms with Gasteiger partial charge in [-0.3, -0.25) is 9.67 Å². The van der Waals surface area contributed by atoms with Crippen LogP contribution in [-0.4, -0.2) is 28.2 Å². The zero-order valence-corrected chi connectivity index (χ0v) is 13.2. The molecule has 2 aromatic rings. The molecule has 0 amide bonds. The Morgan fingerprint density at radius 2 is 2.24 bits per heavy atom. The third-order valence-electron chi connectivity index (χ3n) is 2.86. The predicted octanol–water partition coefficient (Wildman–Crippen LogP) is 0.236. The lowest BCUT2D eigenvalue weighted by Gasteiger charge is -2.09. The van der Waals surface area contributed by atoms with Crippen molar-refractivity contribution in [3.8, 4) is 0 Å². The lowest BCUT2D eigenvalue weighted by molar-refractivity contribution is 0.580. The highest BCUT2D eigenvalue weighted by Crippen LogP contribution is 2.14. The third kappa shape index (κ3) is 3.43. The molecular weight excluding hydrogens is 310 g/mol. The van der Waals surface area contributed by atoms with Crippen molar-refractivity contribution in [3.05, 3.63) is 41.5 Å². The minimum Gasteiger partial charge on any atom is -0.388 e. The van der Waals surface area contributed by atoms with E-state index in [1.54, 1.807) is 17.9 Å². The van der Waals surface area contributed by atoms with E-state index in [2.05, 4.69) is 14.8 Å². The molecule has 0 spiro atoms. The van der Waals surface area contributed by atoms with Crippen LogP contribution in [0.3, 0.4) is 0 Å². The zero-order chi connectivity index (χ0) is 15.6. The van der Waals surface area contributed by atoms with E-state index in [-0.39, 0.29) is 22.1 Å². The maximum atomic E-state index is 12.4. The summed E-state index contributed by atoms with van der Waals surface area (Å²) in [6.45, 7) is 1.95. The number of nitrogens with one attached hydrogen (secondary N) is 1. The first-order valence-electron chi connectivity index (χ1n) is 6.05. The van der Waals surface area contributed by atoms with Crippen LogP contribution in [0.1, 0.15) is 17.0 Å². The Morgan fingerprint density at radius 1 is 1.52 bits per heavy atom. The fourth-order valence-electron chi connectivity index (χ4n) is 1.87. The van der Waals surface area contributed by atoms with E-state index in [0.717, 1.165) is 11.3 Å². The van der Waals surface area contributed by atoms with Gasteiger partial charge in [-0.2, -0.15) is 5.10 Å². The van der Waals surface area contributed by atoms with Crippen LogP contribution < -0.4 is 10.5 Å². The van der Waals surface area contributed by atoms with E-state index < -0.39 is 10.0 Å². The summed E-state index contributed by atoms with van der Waals surface area (Å²) in [5.74, 6) is 0. The second-order valence-corrected chi connectivity index (χ2v) is 6.63. The number of sulfonamides is 1. The lowest BCUT2D eigenvalue weighted by atomic mass is 10.3. The van der Waals surface area contributed by atoms with Crippen molar-refractivity contribution < 1.29 is 8.42 Å². The molecule has 7 nitrogen and oxygen atoms in total. The number of nitrogens with zero attached hydrogens (tertiary/aromatic N) is 3. The van der Waals surface area contributed by atoms with Crippen molar-refractivity contribution in [2.75, 3.05) is 0 Å². The number of aryl methyl sites for hydroxylation is 2.